The van der Waals surface area contributed by atoms with Crippen LogP contribution in [0.1, 0.15) is 40.0 Å². The first-order valence-electron chi connectivity index (χ1n) is 9.10. The van der Waals surface area contributed by atoms with E-state index in [1.54, 1.807) is 0 Å². The fourth-order valence-corrected chi connectivity index (χ4v) is 4.93. The third kappa shape index (κ3) is 5.61. The fraction of sp³-hybridized carbons (Fsp3) is 0.350. The van der Waals surface area contributed by atoms with Gasteiger partial charge in [0.25, 0.3) is 5.24 Å². The van der Waals surface area contributed by atoms with Gasteiger partial charge in [0.2, 0.25) is 0 Å². The third-order valence-corrected chi connectivity index (χ3v) is 7.17. The number of alkyl halides is 9. The third-order valence-electron chi connectivity index (χ3n) is 5.04. The summed E-state index contributed by atoms with van der Waals surface area (Å²) in [4.78, 5) is 13.7. The quantitative estimate of drug-likeness (QED) is 0.349. The maximum Gasteiger partial charge on any atom is 0.416 e. The van der Waals surface area contributed by atoms with Crippen LogP contribution in [0.5, 0.6) is 0 Å². The molecule has 0 spiro atoms. The van der Waals surface area contributed by atoms with Crippen molar-refractivity contribution in [3.63, 3.8) is 0 Å². The molecule has 1 saturated heterocycles. The number of nitrogens with zero attached hydrogens (tertiary/aromatic N) is 1. The largest absolute Gasteiger partial charge is 0.416 e. The van der Waals surface area contributed by atoms with Crippen LogP contribution in [-0.2, 0) is 25.1 Å². The topological polar surface area (TPSA) is 20.3 Å². The van der Waals surface area contributed by atoms with Crippen molar-refractivity contribution in [1.82, 2.24) is 4.90 Å². The van der Waals surface area contributed by atoms with E-state index in [0.717, 1.165) is 23.1 Å². The van der Waals surface area contributed by atoms with E-state index in [9.17, 15) is 44.3 Å². The van der Waals surface area contributed by atoms with Gasteiger partial charge in [-0.1, -0.05) is 27.7 Å². The minimum atomic E-state index is -5.05. The summed E-state index contributed by atoms with van der Waals surface area (Å²) in [5.74, 6) is 0. The van der Waals surface area contributed by atoms with Crippen LogP contribution in [0.4, 0.5) is 44.3 Å². The van der Waals surface area contributed by atoms with E-state index in [1.165, 1.54) is 6.92 Å². The second kappa shape index (κ2) is 8.71. The first-order chi connectivity index (χ1) is 15.0. The maximum absolute atomic E-state index is 13.2. The van der Waals surface area contributed by atoms with Crippen molar-refractivity contribution in [1.29, 1.82) is 0 Å². The zero-order chi connectivity index (χ0) is 24.9. The van der Waals surface area contributed by atoms with Crippen molar-refractivity contribution < 1.29 is 44.3 Å². The van der Waals surface area contributed by atoms with Gasteiger partial charge in [0.05, 0.1) is 21.9 Å². The average Bonchev–Trinajstić information content (AvgIpc) is 2.95. The number of amides is 1. The molecule has 13 heteroatoms. The molecule has 33 heavy (non-hydrogen) atoms. The molecule has 2 atom stereocenters. The first kappa shape index (κ1) is 25.7. The van der Waals surface area contributed by atoms with E-state index < -0.39 is 51.8 Å². The van der Waals surface area contributed by atoms with Crippen LogP contribution < -0.4 is 0 Å². The predicted molar refractivity (Wildman–Crippen MR) is 106 cm³/mol. The molecule has 1 fully saturated rings. The summed E-state index contributed by atoms with van der Waals surface area (Å²) in [5, 5.41) is -1.77. The van der Waals surface area contributed by atoms with E-state index in [4.69, 9.17) is 0 Å². The number of rotatable bonds is 3. The van der Waals surface area contributed by atoms with Crippen LogP contribution in [-0.4, -0.2) is 16.2 Å². The van der Waals surface area contributed by atoms with Gasteiger partial charge in [-0.2, -0.15) is 39.5 Å². The van der Waals surface area contributed by atoms with Gasteiger partial charge in [0, 0.05) is 17.1 Å². The Morgan fingerprint density at radius 1 is 0.848 bits per heavy atom. The van der Waals surface area contributed by atoms with Crippen molar-refractivity contribution in [3.05, 3.63) is 68.7 Å². The number of carbonyl (C=O) groups is 1. The monoisotopic (exact) mass is 565 g/mol. The Morgan fingerprint density at radius 3 is 1.85 bits per heavy atom. The molecule has 180 valence electrons. The zero-order valence-electron chi connectivity index (χ0n) is 16.4. The highest BCUT2D eigenvalue weighted by Gasteiger charge is 2.43. The summed E-state index contributed by atoms with van der Waals surface area (Å²) in [5.41, 5.74) is -4.24. The van der Waals surface area contributed by atoms with Crippen molar-refractivity contribution in [2.45, 2.75) is 43.3 Å². The standard InChI is InChI=1S/C20H13BrF9NOS/c1-9-16(10-4-13(19(25,26)27)7-14(5-10)20(28,29)30)33-17(32)31(9)8-11-6-12(18(22,23)24)2-3-15(11)21/h2-7,9,16H,8H2,1H3/t9-,16-/m0/s1. The van der Waals surface area contributed by atoms with Gasteiger partial charge < -0.3 is 4.90 Å². The van der Waals surface area contributed by atoms with E-state index in [1.807, 2.05) is 0 Å². The van der Waals surface area contributed by atoms with E-state index in [0.29, 0.717) is 23.9 Å². The molecule has 0 N–H and O–H groups in total. The van der Waals surface area contributed by atoms with Gasteiger partial charge in [-0.25, -0.2) is 0 Å². The van der Waals surface area contributed by atoms with Crippen molar-refractivity contribution in [2.24, 2.45) is 0 Å². The van der Waals surface area contributed by atoms with Crippen LogP contribution in [0.25, 0.3) is 0 Å². The Labute approximate surface area is 194 Å². The molecule has 1 aliphatic heterocycles. The first-order valence-corrected chi connectivity index (χ1v) is 10.8. The highest BCUT2D eigenvalue weighted by Crippen LogP contribution is 2.47. The molecule has 2 aromatic carbocycles. The van der Waals surface area contributed by atoms with Gasteiger partial charge in [-0.05, 0) is 54.4 Å². The number of hydrogen-bond acceptors (Lipinski definition) is 2. The van der Waals surface area contributed by atoms with Crippen LogP contribution >= 0.6 is 27.7 Å². The van der Waals surface area contributed by atoms with Crippen molar-refractivity contribution in [3.8, 4) is 0 Å². The molecular weight excluding hydrogens is 553 g/mol. The number of thioether (sulfide) groups is 1. The number of carbonyl (C=O) groups excluding carboxylic acids is 1. The smallest absolute Gasteiger partial charge is 0.325 e. The lowest BCUT2D eigenvalue weighted by molar-refractivity contribution is -0.143. The van der Waals surface area contributed by atoms with Gasteiger partial charge in [-0.3, -0.25) is 4.79 Å². The van der Waals surface area contributed by atoms with Crippen LogP contribution in [0.3, 0.4) is 0 Å². The predicted octanol–water partition coefficient (Wildman–Crippen LogP) is 8.30. The molecule has 0 unspecified atom stereocenters. The molecule has 0 bridgehead atoms. The Balaban J connectivity index is 1.96. The molecule has 2 aromatic rings. The summed E-state index contributed by atoms with van der Waals surface area (Å²) in [6.07, 6.45) is -14.7. The molecule has 1 aliphatic rings. The summed E-state index contributed by atoms with van der Waals surface area (Å²) in [7, 11) is 0. The highest BCUT2D eigenvalue weighted by molar-refractivity contribution is 9.10. The Bertz CT molecular complexity index is 1030. The highest BCUT2D eigenvalue weighted by atomic mass is 79.9. The SMILES string of the molecule is C[C@H]1[C@@H](c2cc(C(F)(F)F)cc(C(F)(F)F)c2)SC(=O)N1Cc1cc(C(F)(F)F)ccc1Br. The van der Waals surface area contributed by atoms with Gasteiger partial charge >= 0.3 is 18.5 Å². The number of halogens is 10. The zero-order valence-corrected chi connectivity index (χ0v) is 18.8. The molecule has 3 rings (SSSR count). The molecule has 0 aliphatic carbocycles. The van der Waals surface area contributed by atoms with Gasteiger partial charge in [0.15, 0.2) is 0 Å². The average molecular weight is 566 g/mol. The summed E-state index contributed by atoms with van der Waals surface area (Å²) in [6, 6.07) is 3.02. The van der Waals surface area contributed by atoms with Crippen molar-refractivity contribution in [2.75, 3.05) is 0 Å². The second-order valence-corrected chi connectivity index (χ2v) is 9.26. The van der Waals surface area contributed by atoms with Crippen LogP contribution in [0.2, 0.25) is 0 Å². The van der Waals surface area contributed by atoms with E-state index >= 15 is 0 Å². The lowest BCUT2D eigenvalue weighted by atomic mass is 9.98. The summed E-state index contributed by atoms with van der Waals surface area (Å²) in [6.45, 7) is 1.09. The Morgan fingerprint density at radius 2 is 1.36 bits per heavy atom. The van der Waals surface area contributed by atoms with E-state index in [-0.39, 0.29) is 28.2 Å². The Hall–Kier alpha value is -1.89. The number of benzene rings is 2. The van der Waals surface area contributed by atoms with Gasteiger partial charge in [-0.15, -0.1) is 0 Å². The Kier molecular flexibility index (Phi) is 6.79. The van der Waals surface area contributed by atoms with Crippen LogP contribution in [0.15, 0.2) is 40.9 Å². The molecule has 0 saturated carbocycles. The summed E-state index contributed by atoms with van der Waals surface area (Å²) >= 11 is 3.63. The lowest BCUT2D eigenvalue weighted by Crippen LogP contribution is -2.31. The summed E-state index contributed by atoms with van der Waals surface area (Å²) < 4.78 is 119. The van der Waals surface area contributed by atoms with Crippen molar-refractivity contribution >= 4 is 32.9 Å². The van der Waals surface area contributed by atoms with Gasteiger partial charge in [0.1, 0.15) is 0 Å². The minimum Gasteiger partial charge on any atom is -0.325 e. The number of hydrogen-bond donors (Lipinski definition) is 0. The normalized spacial score (nSPS) is 20.0. The second-order valence-electron chi connectivity index (χ2n) is 7.32. The van der Waals surface area contributed by atoms with E-state index in [2.05, 4.69) is 15.9 Å². The molecule has 1 heterocycles. The molecule has 0 aromatic heterocycles. The molecule has 2 nitrogen and oxygen atoms in total. The molecule has 1 amide bonds. The maximum atomic E-state index is 13.2. The fourth-order valence-electron chi connectivity index (χ4n) is 3.36. The lowest BCUT2D eigenvalue weighted by Gasteiger charge is -2.25. The minimum absolute atomic E-state index is 0.00682. The molecular formula is C20H13BrF9NOS. The van der Waals surface area contributed by atoms with Crippen LogP contribution in [0, 0.1) is 0 Å². The molecule has 0 radical (unpaired) electrons.